The van der Waals surface area contributed by atoms with Crippen molar-refractivity contribution in [3.8, 4) is 0 Å². The summed E-state index contributed by atoms with van der Waals surface area (Å²) < 4.78 is 32.0. The smallest absolute Gasteiger partial charge is 0.128 e. The van der Waals surface area contributed by atoms with Crippen molar-refractivity contribution >= 4 is 0 Å². The lowest BCUT2D eigenvalue weighted by atomic mass is 10.0. The van der Waals surface area contributed by atoms with Crippen molar-refractivity contribution in [1.29, 1.82) is 0 Å². The molecule has 0 fully saturated rings. The Kier molecular flexibility index (Phi) is 4.83. The molecule has 2 unspecified atom stereocenters. The van der Waals surface area contributed by atoms with Gasteiger partial charge in [-0.3, -0.25) is 0 Å². The molecule has 0 aliphatic carbocycles. The summed E-state index contributed by atoms with van der Waals surface area (Å²) in [5.74, 6) is -0.868. The zero-order valence-corrected chi connectivity index (χ0v) is 9.76. The summed E-state index contributed by atoms with van der Waals surface area (Å²) >= 11 is 0. The van der Waals surface area contributed by atoms with Gasteiger partial charge in [0.2, 0.25) is 0 Å². The van der Waals surface area contributed by atoms with Crippen LogP contribution in [-0.2, 0) is 4.74 Å². The van der Waals surface area contributed by atoms with E-state index in [0.717, 1.165) is 12.1 Å². The number of benzene rings is 1. The van der Waals surface area contributed by atoms with Gasteiger partial charge in [0.1, 0.15) is 11.6 Å². The maximum Gasteiger partial charge on any atom is 0.128 e. The van der Waals surface area contributed by atoms with Crippen molar-refractivity contribution in [3.05, 3.63) is 35.4 Å². The van der Waals surface area contributed by atoms with E-state index >= 15 is 0 Å². The van der Waals surface area contributed by atoms with Gasteiger partial charge >= 0.3 is 0 Å². The summed E-state index contributed by atoms with van der Waals surface area (Å²) in [7, 11) is 1.70. The molecule has 0 aliphatic heterocycles. The fraction of sp³-hybridized carbons (Fsp3) is 0.500. The molecule has 2 nitrogen and oxygen atoms in total. The number of nitrogens with one attached hydrogen (secondary N) is 1. The fourth-order valence-corrected chi connectivity index (χ4v) is 1.76. The van der Waals surface area contributed by atoms with E-state index in [9.17, 15) is 8.78 Å². The average molecular weight is 229 g/mol. The lowest BCUT2D eigenvalue weighted by molar-refractivity contribution is 0.0483. The standard InChI is InChI=1S/C12H17F2NO/c1-4-16-8(2)12(15-3)10-7-9(13)5-6-11(10)14/h5-8,12,15H,4H2,1-3H3. The predicted molar refractivity (Wildman–Crippen MR) is 59.2 cm³/mol. The van der Waals surface area contributed by atoms with Gasteiger partial charge in [-0.2, -0.15) is 0 Å². The van der Waals surface area contributed by atoms with Crippen LogP contribution in [-0.4, -0.2) is 19.8 Å². The molecule has 0 radical (unpaired) electrons. The van der Waals surface area contributed by atoms with Crippen LogP contribution in [0.2, 0.25) is 0 Å². The highest BCUT2D eigenvalue weighted by atomic mass is 19.1. The number of hydrogen-bond acceptors (Lipinski definition) is 2. The third-order valence-corrected chi connectivity index (χ3v) is 2.50. The van der Waals surface area contributed by atoms with Crippen LogP contribution in [0.5, 0.6) is 0 Å². The molecule has 0 saturated carbocycles. The van der Waals surface area contributed by atoms with Gasteiger partial charge in [0.05, 0.1) is 12.1 Å². The van der Waals surface area contributed by atoms with Crippen molar-refractivity contribution < 1.29 is 13.5 Å². The number of hydrogen-bond donors (Lipinski definition) is 1. The molecule has 0 amide bonds. The van der Waals surface area contributed by atoms with E-state index in [4.69, 9.17) is 4.74 Å². The zero-order valence-electron chi connectivity index (χ0n) is 9.76. The maximum absolute atomic E-state index is 13.5. The molecular weight excluding hydrogens is 212 g/mol. The SMILES string of the molecule is CCOC(C)C(NC)c1cc(F)ccc1F. The minimum atomic E-state index is -0.444. The zero-order chi connectivity index (χ0) is 12.1. The van der Waals surface area contributed by atoms with E-state index < -0.39 is 11.6 Å². The van der Waals surface area contributed by atoms with E-state index in [1.54, 1.807) is 7.05 Å². The summed E-state index contributed by atoms with van der Waals surface area (Å²) in [6.07, 6.45) is -0.216. The van der Waals surface area contributed by atoms with Gasteiger partial charge in [-0.25, -0.2) is 8.78 Å². The van der Waals surface area contributed by atoms with Crippen LogP contribution in [0.4, 0.5) is 8.78 Å². The predicted octanol–water partition coefficient (Wildman–Crippen LogP) is 2.65. The highest BCUT2D eigenvalue weighted by Crippen LogP contribution is 2.22. The third kappa shape index (κ3) is 3.00. The normalized spacial score (nSPS) is 14.8. The second-order valence-electron chi connectivity index (χ2n) is 3.59. The molecular formula is C12H17F2NO. The van der Waals surface area contributed by atoms with E-state index in [0.29, 0.717) is 12.2 Å². The van der Waals surface area contributed by atoms with Gasteiger partial charge in [0.25, 0.3) is 0 Å². The van der Waals surface area contributed by atoms with Gasteiger partial charge in [-0.15, -0.1) is 0 Å². The molecule has 2 atom stereocenters. The molecule has 0 heterocycles. The van der Waals surface area contributed by atoms with Crippen LogP contribution in [0.3, 0.4) is 0 Å². The Hall–Kier alpha value is -1.00. The van der Waals surface area contributed by atoms with E-state index in [-0.39, 0.29) is 12.1 Å². The molecule has 0 spiro atoms. The molecule has 16 heavy (non-hydrogen) atoms. The number of halogens is 2. The molecule has 0 saturated heterocycles. The summed E-state index contributed by atoms with van der Waals surface area (Å²) in [5, 5.41) is 2.94. The quantitative estimate of drug-likeness (QED) is 0.838. The Labute approximate surface area is 94.6 Å². The summed E-state index contributed by atoms with van der Waals surface area (Å²) in [6, 6.07) is 3.09. The molecule has 1 aromatic rings. The number of rotatable bonds is 5. The average Bonchev–Trinajstić information content (AvgIpc) is 2.24. The van der Waals surface area contributed by atoms with Gasteiger partial charge < -0.3 is 10.1 Å². The molecule has 0 aliphatic rings. The topological polar surface area (TPSA) is 21.3 Å². The van der Waals surface area contributed by atoms with E-state index in [1.807, 2.05) is 13.8 Å². The minimum Gasteiger partial charge on any atom is -0.377 e. The van der Waals surface area contributed by atoms with Crippen molar-refractivity contribution in [2.75, 3.05) is 13.7 Å². The molecule has 1 N–H and O–H groups in total. The van der Waals surface area contributed by atoms with Gasteiger partial charge in [-0.05, 0) is 39.1 Å². The van der Waals surface area contributed by atoms with Crippen LogP contribution in [0, 0.1) is 11.6 Å². The van der Waals surface area contributed by atoms with Crippen molar-refractivity contribution in [3.63, 3.8) is 0 Å². The summed E-state index contributed by atoms with van der Waals surface area (Å²) in [5.41, 5.74) is 0.295. The Morgan fingerprint density at radius 3 is 2.62 bits per heavy atom. The first-order valence-corrected chi connectivity index (χ1v) is 5.34. The van der Waals surface area contributed by atoms with Gasteiger partial charge in [-0.1, -0.05) is 0 Å². The highest BCUT2D eigenvalue weighted by molar-refractivity contribution is 5.23. The molecule has 4 heteroatoms. The largest absolute Gasteiger partial charge is 0.377 e. The molecule has 1 rings (SSSR count). The van der Waals surface area contributed by atoms with Crippen LogP contribution in [0.1, 0.15) is 25.5 Å². The number of likely N-dealkylation sites (N-methyl/N-ethyl adjacent to an activating group) is 1. The fourth-order valence-electron chi connectivity index (χ4n) is 1.76. The Morgan fingerprint density at radius 1 is 1.38 bits per heavy atom. The second-order valence-corrected chi connectivity index (χ2v) is 3.59. The van der Waals surface area contributed by atoms with E-state index in [2.05, 4.69) is 5.32 Å². The van der Waals surface area contributed by atoms with Crippen molar-refractivity contribution in [2.45, 2.75) is 26.0 Å². The molecule has 1 aromatic carbocycles. The molecule has 0 bridgehead atoms. The summed E-state index contributed by atoms with van der Waals surface area (Å²) in [6.45, 7) is 4.23. The Morgan fingerprint density at radius 2 is 2.06 bits per heavy atom. The van der Waals surface area contributed by atoms with Gasteiger partial charge in [0.15, 0.2) is 0 Å². The molecule has 0 aromatic heterocycles. The van der Waals surface area contributed by atoms with Crippen LogP contribution >= 0.6 is 0 Å². The van der Waals surface area contributed by atoms with E-state index in [1.165, 1.54) is 6.07 Å². The third-order valence-electron chi connectivity index (χ3n) is 2.50. The Bertz CT molecular complexity index is 344. The van der Waals surface area contributed by atoms with Crippen molar-refractivity contribution in [1.82, 2.24) is 5.32 Å². The highest BCUT2D eigenvalue weighted by Gasteiger charge is 2.21. The van der Waals surface area contributed by atoms with Crippen molar-refractivity contribution in [2.24, 2.45) is 0 Å². The van der Waals surface area contributed by atoms with Crippen LogP contribution in [0.25, 0.3) is 0 Å². The maximum atomic E-state index is 13.5. The first-order chi connectivity index (χ1) is 7.60. The minimum absolute atomic E-state index is 0.216. The van der Waals surface area contributed by atoms with Crippen LogP contribution < -0.4 is 5.32 Å². The monoisotopic (exact) mass is 229 g/mol. The Balaban J connectivity index is 2.98. The van der Waals surface area contributed by atoms with Crippen LogP contribution in [0.15, 0.2) is 18.2 Å². The summed E-state index contributed by atoms with van der Waals surface area (Å²) in [4.78, 5) is 0. The lowest BCUT2D eigenvalue weighted by Gasteiger charge is -2.24. The molecule has 90 valence electrons. The first-order valence-electron chi connectivity index (χ1n) is 5.34. The second kappa shape index (κ2) is 5.92. The lowest BCUT2D eigenvalue weighted by Crippen LogP contribution is -2.30. The number of ether oxygens (including phenoxy) is 1. The van der Waals surface area contributed by atoms with Gasteiger partial charge in [0, 0.05) is 12.2 Å². The first kappa shape index (κ1) is 13.1.